The zero-order valence-corrected chi connectivity index (χ0v) is 33.8. The summed E-state index contributed by atoms with van der Waals surface area (Å²) in [5.74, 6) is -0.993. The van der Waals surface area contributed by atoms with Crippen molar-refractivity contribution in [2.75, 3.05) is 21.1 Å². The van der Waals surface area contributed by atoms with Gasteiger partial charge in [-0.05, 0) is 72.8 Å². The standard InChI is InChI=1S/C41H79NO3P2/c1-6-8-10-12-14-16-18-20-22-24-26-28-30-32-34-36-38(43)46-40(42(3,4)5)41(45)47-39(44)37-35-33-31-29-27-25-23-21-19-17-15-13-11-9-7-2/h20-23,40-41,45,47H,6-19,24-37H2,1-5H3/b22-20-,23-21-. The Morgan fingerprint density at radius 1 is 0.596 bits per heavy atom. The highest BCUT2D eigenvalue weighted by molar-refractivity contribution is 7.59. The van der Waals surface area contributed by atoms with Crippen LogP contribution in [0, 0.1) is 0 Å². The van der Waals surface area contributed by atoms with Gasteiger partial charge in [0.05, 0.1) is 21.1 Å². The molecule has 0 aliphatic carbocycles. The van der Waals surface area contributed by atoms with E-state index < -0.39 is 5.85 Å². The number of hydrogen-bond donors (Lipinski definition) is 1. The fraction of sp³-hybridized carbons (Fsp3) is 0.854. The van der Waals surface area contributed by atoms with Crippen molar-refractivity contribution in [1.29, 1.82) is 0 Å². The van der Waals surface area contributed by atoms with Crippen molar-refractivity contribution in [3.05, 3.63) is 24.3 Å². The molecule has 6 heteroatoms. The van der Waals surface area contributed by atoms with E-state index in [9.17, 15) is 15.0 Å². The molecular formula is C41H79NO3P2. The molecule has 0 aliphatic heterocycles. The van der Waals surface area contributed by atoms with Gasteiger partial charge in [0.2, 0.25) is 0 Å². The summed E-state index contributed by atoms with van der Waals surface area (Å²) in [5, 5.41) is 23.8. The average Bonchev–Trinajstić information content (AvgIpc) is 3.03. The first kappa shape index (κ1) is 46.6. The van der Waals surface area contributed by atoms with Gasteiger partial charge in [-0.2, -0.15) is 0 Å². The zero-order valence-electron chi connectivity index (χ0n) is 31.9. The van der Waals surface area contributed by atoms with Crippen molar-refractivity contribution in [1.82, 2.24) is 0 Å². The molecule has 47 heavy (non-hydrogen) atoms. The van der Waals surface area contributed by atoms with Crippen LogP contribution in [0.15, 0.2) is 24.3 Å². The van der Waals surface area contributed by atoms with E-state index >= 15 is 0 Å². The number of allylic oxidation sites excluding steroid dienone is 4. The lowest BCUT2D eigenvalue weighted by atomic mass is 10.1. The summed E-state index contributed by atoms with van der Waals surface area (Å²) < 4.78 is 0.495. The number of aliphatic hydroxyl groups is 1. The van der Waals surface area contributed by atoms with Crippen LogP contribution in [0.1, 0.15) is 194 Å². The molecule has 0 spiro atoms. The minimum atomic E-state index is -0.745. The molecule has 4 nitrogen and oxygen atoms in total. The molecule has 3 atom stereocenters. The number of quaternary nitrogens is 1. The Labute approximate surface area is 297 Å². The first-order chi connectivity index (χ1) is 22.7. The Balaban J connectivity index is 4.03. The van der Waals surface area contributed by atoms with Gasteiger partial charge >= 0.3 is 0 Å². The molecule has 0 aromatic heterocycles. The van der Waals surface area contributed by atoms with E-state index in [1.807, 2.05) is 21.1 Å². The number of hydrogen-bond acceptors (Lipinski definition) is 3. The summed E-state index contributed by atoms with van der Waals surface area (Å²) in [7, 11) is 6.60. The molecule has 0 aromatic rings. The van der Waals surface area contributed by atoms with Gasteiger partial charge in [-0.3, -0.25) is 4.79 Å². The maximum absolute atomic E-state index is 12.8. The minimum absolute atomic E-state index is 0.128. The van der Waals surface area contributed by atoms with Crippen LogP contribution in [0.25, 0.3) is 0 Å². The third kappa shape index (κ3) is 32.6. The quantitative estimate of drug-likeness (QED) is 0.0311. The predicted octanol–water partition coefficient (Wildman–Crippen LogP) is 12.1. The average molecular weight is 696 g/mol. The van der Waals surface area contributed by atoms with Crippen molar-refractivity contribution < 1.29 is 19.5 Å². The molecule has 0 heterocycles. The smallest absolute Gasteiger partial charge is 0.158 e. The third-order valence-corrected chi connectivity index (χ3v) is 12.2. The number of nitrogens with zero attached hydrogens (tertiary/aromatic N) is 1. The van der Waals surface area contributed by atoms with Gasteiger partial charge in [-0.25, -0.2) is 0 Å². The van der Waals surface area contributed by atoms with Gasteiger partial charge in [0.1, 0.15) is 5.85 Å². The van der Waals surface area contributed by atoms with E-state index in [-0.39, 0.29) is 25.4 Å². The molecule has 0 amide bonds. The van der Waals surface area contributed by atoms with E-state index in [4.69, 9.17) is 0 Å². The van der Waals surface area contributed by atoms with Crippen LogP contribution in [0.5, 0.6) is 0 Å². The Kier molecular flexibility index (Phi) is 33.8. The van der Waals surface area contributed by atoms with Gasteiger partial charge < -0.3 is 14.7 Å². The monoisotopic (exact) mass is 696 g/mol. The lowest BCUT2D eigenvalue weighted by molar-refractivity contribution is -0.882. The highest BCUT2D eigenvalue weighted by atomic mass is 31.1. The van der Waals surface area contributed by atoms with Crippen LogP contribution in [0.3, 0.4) is 0 Å². The molecule has 0 bridgehead atoms. The first-order valence-electron chi connectivity index (χ1n) is 20.0. The van der Waals surface area contributed by atoms with Crippen LogP contribution < -0.4 is 5.11 Å². The summed E-state index contributed by atoms with van der Waals surface area (Å²) in [6.45, 7) is 4.53. The summed E-state index contributed by atoms with van der Waals surface area (Å²) >= 11 is 0. The molecular weight excluding hydrogens is 616 g/mol. The second kappa shape index (κ2) is 34.1. The van der Waals surface area contributed by atoms with Crippen LogP contribution in [0.2, 0.25) is 0 Å². The molecule has 0 aliphatic rings. The zero-order chi connectivity index (χ0) is 34.9. The molecule has 0 rings (SSSR count). The van der Waals surface area contributed by atoms with E-state index in [2.05, 4.69) is 38.2 Å². The van der Waals surface area contributed by atoms with Gasteiger partial charge in [0.15, 0.2) is 11.3 Å². The van der Waals surface area contributed by atoms with Gasteiger partial charge in [-0.15, -0.1) is 5.48 Å². The van der Waals surface area contributed by atoms with Crippen molar-refractivity contribution in [2.24, 2.45) is 0 Å². The van der Waals surface area contributed by atoms with Crippen molar-refractivity contribution in [3.63, 3.8) is 0 Å². The maximum atomic E-state index is 12.8. The molecule has 0 radical (unpaired) electrons. The molecule has 276 valence electrons. The molecule has 0 fully saturated rings. The summed E-state index contributed by atoms with van der Waals surface area (Å²) in [5.41, 5.74) is 0.364. The second-order valence-electron chi connectivity index (χ2n) is 14.7. The molecule has 0 aromatic carbocycles. The second-order valence-corrected chi connectivity index (χ2v) is 17.5. The lowest BCUT2D eigenvalue weighted by Crippen LogP contribution is -2.48. The predicted molar refractivity (Wildman–Crippen MR) is 212 cm³/mol. The minimum Gasteiger partial charge on any atom is -0.827 e. The van der Waals surface area contributed by atoms with Crippen LogP contribution in [0.4, 0.5) is 0 Å². The van der Waals surface area contributed by atoms with E-state index in [1.165, 1.54) is 141 Å². The summed E-state index contributed by atoms with van der Waals surface area (Å²) in [6, 6.07) is 0. The Bertz CT molecular complexity index is 790. The molecule has 0 saturated carbocycles. The topological polar surface area (TPSA) is 60.4 Å². The fourth-order valence-electron chi connectivity index (χ4n) is 5.89. The van der Waals surface area contributed by atoms with Crippen molar-refractivity contribution in [2.45, 2.75) is 205 Å². The van der Waals surface area contributed by atoms with E-state index in [1.54, 1.807) is 0 Å². The van der Waals surface area contributed by atoms with Gasteiger partial charge in [-0.1, -0.05) is 156 Å². The number of aliphatic hydroxyl groups excluding tert-OH is 1. The van der Waals surface area contributed by atoms with Crippen molar-refractivity contribution in [3.8, 4) is 0 Å². The van der Waals surface area contributed by atoms with Gasteiger partial charge in [0.25, 0.3) is 0 Å². The maximum Gasteiger partial charge on any atom is 0.158 e. The normalized spacial score (nSPS) is 14.3. The Morgan fingerprint density at radius 3 is 1.32 bits per heavy atom. The third-order valence-electron chi connectivity index (χ3n) is 8.98. The van der Waals surface area contributed by atoms with Crippen LogP contribution in [-0.2, 0) is 4.79 Å². The fourth-order valence-corrected chi connectivity index (χ4v) is 8.66. The van der Waals surface area contributed by atoms with E-state index in [0.29, 0.717) is 25.5 Å². The number of unbranched alkanes of at least 4 members (excludes halogenated alkanes) is 22. The van der Waals surface area contributed by atoms with E-state index in [0.717, 1.165) is 25.7 Å². The Morgan fingerprint density at radius 2 is 0.936 bits per heavy atom. The van der Waals surface area contributed by atoms with Crippen LogP contribution >= 0.6 is 16.8 Å². The summed E-state index contributed by atoms with van der Waals surface area (Å²) in [6.07, 6.45) is 43.0. The Hall–Kier alpha value is -0.370. The van der Waals surface area contributed by atoms with Crippen molar-refractivity contribution >= 4 is 27.8 Å². The molecule has 1 N–H and O–H groups in total. The summed E-state index contributed by atoms with van der Waals surface area (Å²) in [4.78, 5) is 12.7. The SMILES string of the molecule is CCCCCCCC/C=C\CCCCCCCC(=O)PC(O)C(P=C([O-])CCCCCCC/C=C\CCCCCCCC)[N+](C)(C)C. The van der Waals surface area contributed by atoms with Gasteiger partial charge in [0, 0.05) is 6.42 Å². The lowest BCUT2D eigenvalue weighted by Gasteiger charge is -2.35. The number of carbonyl (C=O) groups excluding carboxylic acids is 1. The first-order valence-corrected chi connectivity index (χ1v) is 22.1. The molecule has 0 saturated heterocycles. The molecule has 3 unspecified atom stereocenters. The largest absolute Gasteiger partial charge is 0.827 e. The highest BCUT2D eigenvalue weighted by Crippen LogP contribution is 2.33. The highest BCUT2D eigenvalue weighted by Gasteiger charge is 2.31. The number of rotatable bonds is 35. The number of likely N-dealkylation sites (N-methyl/N-ethyl adjacent to an activating group) is 1. The number of carbonyl (C=O) groups is 1. The van der Waals surface area contributed by atoms with Crippen LogP contribution in [-0.4, -0.2) is 53.4 Å².